The van der Waals surface area contributed by atoms with Crippen molar-refractivity contribution in [1.82, 2.24) is 10.2 Å². The highest BCUT2D eigenvalue weighted by Gasteiger charge is 2.19. The maximum atomic E-state index is 12.2. The number of ether oxygens (including phenoxy) is 1. The first-order chi connectivity index (χ1) is 11.7. The molecule has 6 heteroatoms. The number of nitrogens with zero attached hydrogens (tertiary/aromatic N) is 1. The van der Waals surface area contributed by atoms with Gasteiger partial charge in [0.1, 0.15) is 5.75 Å². The molecule has 24 heavy (non-hydrogen) atoms. The number of nitrogens with one attached hydrogen (secondary N) is 2. The summed E-state index contributed by atoms with van der Waals surface area (Å²) in [6.07, 6.45) is 0. The first kappa shape index (κ1) is 18.3. The van der Waals surface area contributed by atoms with Crippen molar-refractivity contribution >= 4 is 23.1 Å². The Morgan fingerprint density at radius 2 is 1.92 bits per heavy atom. The van der Waals surface area contributed by atoms with E-state index in [-0.39, 0.29) is 12.1 Å². The van der Waals surface area contributed by atoms with Crippen molar-refractivity contribution in [2.75, 3.05) is 32.1 Å². The predicted molar refractivity (Wildman–Crippen MR) is 100.0 cm³/mol. The lowest BCUT2D eigenvalue weighted by atomic mass is 10.1. The third-order valence-electron chi connectivity index (χ3n) is 3.98. The number of carbonyl (C=O) groups excluding carboxylic acids is 1. The van der Waals surface area contributed by atoms with Crippen molar-refractivity contribution in [3.8, 4) is 5.75 Å². The van der Waals surface area contributed by atoms with Gasteiger partial charge < -0.3 is 15.4 Å². The number of carbonyl (C=O) groups is 1. The summed E-state index contributed by atoms with van der Waals surface area (Å²) in [5.41, 5.74) is 1.98. The molecule has 2 N–H and O–H groups in total. The topological polar surface area (TPSA) is 53.6 Å². The minimum absolute atomic E-state index is 0.188. The monoisotopic (exact) mass is 347 g/mol. The zero-order chi connectivity index (χ0) is 17.4. The van der Waals surface area contributed by atoms with Crippen molar-refractivity contribution < 1.29 is 9.53 Å². The Balaban J connectivity index is 1.94. The summed E-state index contributed by atoms with van der Waals surface area (Å²) in [6, 6.07) is 9.38. The van der Waals surface area contributed by atoms with Crippen molar-refractivity contribution in [3.63, 3.8) is 0 Å². The molecule has 2 amide bonds. The first-order valence-corrected chi connectivity index (χ1v) is 9.07. The largest absolute Gasteiger partial charge is 0.497 e. The molecule has 0 saturated carbocycles. The molecule has 0 bridgehead atoms. The summed E-state index contributed by atoms with van der Waals surface area (Å²) in [4.78, 5) is 14.5. The van der Waals surface area contributed by atoms with Crippen LogP contribution in [0.2, 0.25) is 0 Å². The van der Waals surface area contributed by atoms with Crippen molar-refractivity contribution in [1.29, 1.82) is 0 Å². The highest BCUT2D eigenvalue weighted by Crippen LogP contribution is 2.22. The molecular weight excluding hydrogens is 322 g/mol. The van der Waals surface area contributed by atoms with Gasteiger partial charge in [0.25, 0.3) is 0 Å². The van der Waals surface area contributed by atoms with Gasteiger partial charge in [-0.2, -0.15) is 11.3 Å². The molecule has 1 heterocycles. The summed E-state index contributed by atoms with van der Waals surface area (Å²) in [5.74, 6) is 0.764. The molecule has 0 spiro atoms. The van der Waals surface area contributed by atoms with Crippen LogP contribution in [0.1, 0.15) is 25.5 Å². The number of thiophene rings is 1. The molecule has 0 fully saturated rings. The van der Waals surface area contributed by atoms with Crippen LogP contribution in [0.3, 0.4) is 0 Å². The highest BCUT2D eigenvalue weighted by atomic mass is 32.1. The number of methoxy groups -OCH3 is 1. The second-order valence-corrected chi connectivity index (χ2v) is 6.14. The normalized spacial score (nSPS) is 12.0. The summed E-state index contributed by atoms with van der Waals surface area (Å²) >= 11 is 1.68. The lowest BCUT2D eigenvalue weighted by molar-refractivity contribution is 0.210. The molecule has 0 radical (unpaired) electrons. The van der Waals surface area contributed by atoms with E-state index in [2.05, 4.69) is 46.2 Å². The fourth-order valence-electron chi connectivity index (χ4n) is 2.63. The molecule has 0 aliphatic carbocycles. The lowest BCUT2D eigenvalue weighted by Crippen LogP contribution is -2.39. The van der Waals surface area contributed by atoms with E-state index >= 15 is 0 Å². The van der Waals surface area contributed by atoms with Crippen molar-refractivity contribution in [2.45, 2.75) is 19.9 Å². The average Bonchev–Trinajstić information content (AvgIpc) is 3.13. The van der Waals surface area contributed by atoms with E-state index in [9.17, 15) is 4.79 Å². The van der Waals surface area contributed by atoms with E-state index in [0.717, 1.165) is 24.5 Å². The van der Waals surface area contributed by atoms with Crippen LogP contribution < -0.4 is 15.4 Å². The van der Waals surface area contributed by atoms with E-state index in [1.54, 1.807) is 18.4 Å². The van der Waals surface area contributed by atoms with Crippen LogP contribution in [-0.2, 0) is 0 Å². The Labute approximate surface area is 147 Å². The number of anilines is 1. The van der Waals surface area contributed by atoms with Crippen molar-refractivity contribution in [2.24, 2.45) is 0 Å². The van der Waals surface area contributed by atoms with Crippen LogP contribution in [-0.4, -0.2) is 37.7 Å². The smallest absolute Gasteiger partial charge is 0.319 e. The fraction of sp³-hybridized carbons (Fsp3) is 0.389. The second kappa shape index (κ2) is 9.30. The number of hydrogen-bond acceptors (Lipinski definition) is 4. The summed E-state index contributed by atoms with van der Waals surface area (Å²) < 4.78 is 5.11. The molecule has 0 saturated heterocycles. The fourth-order valence-corrected chi connectivity index (χ4v) is 3.33. The molecule has 2 rings (SSSR count). The van der Waals surface area contributed by atoms with E-state index in [4.69, 9.17) is 4.74 Å². The van der Waals surface area contributed by atoms with Crippen molar-refractivity contribution in [3.05, 3.63) is 46.7 Å². The van der Waals surface area contributed by atoms with Gasteiger partial charge in [-0.25, -0.2) is 4.79 Å². The van der Waals surface area contributed by atoms with E-state index in [1.165, 1.54) is 5.56 Å². The molecule has 1 atom stereocenters. The number of likely N-dealkylation sites (N-methyl/N-ethyl adjacent to an activating group) is 1. The number of amides is 2. The molecule has 0 unspecified atom stereocenters. The molecule has 130 valence electrons. The first-order valence-electron chi connectivity index (χ1n) is 8.13. The summed E-state index contributed by atoms with van der Waals surface area (Å²) in [7, 11) is 1.62. The third kappa shape index (κ3) is 4.97. The van der Waals surface area contributed by atoms with Crippen LogP contribution >= 0.6 is 11.3 Å². The molecule has 1 aromatic heterocycles. The van der Waals surface area contributed by atoms with Gasteiger partial charge in [0, 0.05) is 12.2 Å². The molecule has 0 aliphatic rings. The zero-order valence-electron chi connectivity index (χ0n) is 14.4. The predicted octanol–water partition coefficient (Wildman–Crippen LogP) is 3.96. The molecular formula is C18H25N3O2S. The van der Waals surface area contributed by atoms with E-state index in [0.29, 0.717) is 6.54 Å². The standard InChI is InChI=1S/C18H25N3O2S/c1-4-21(5-2)17(14-10-11-24-13-14)12-19-18(22)20-15-6-8-16(23-3)9-7-15/h6-11,13,17H,4-5,12H2,1-3H3,(H2,19,20,22)/t17-/m0/s1. The lowest BCUT2D eigenvalue weighted by Gasteiger charge is -2.29. The number of benzene rings is 1. The van der Waals surface area contributed by atoms with Crippen LogP contribution in [0.4, 0.5) is 10.5 Å². The average molecular weight is 347 g/mol. The maximum Gasteiger partial charge on any atom is 0.319 e. The zero-order valence-corrected chi connectivity index (χ0v) is 15.2. The third-order valence-corrected chi connectivity index (χ3v) is 4.69. The van der Waals surface area contributed by atoms with Gasteiger partial charge in [-0.15, -0.1) is 0 Å². The molecule has 2 aromatic rings. The maximum absolute atomic E-state index is 12.2. The molecule has 0 aliphatic heterocycles. The van der Waals surface area contributed by atoms with Gasteiger partial charge >= 0.3 is 6.03 Å². The number of hydrogen-bond donors (Lipinski definition) is 2. The van der Waals surface area contributed by atoms with Crippen LogP contribution in [0.15, 0.2) is 41.1 Å². The number of rotatable bonds is 8. The second-order valence-electron chi connectivity index (χ2n) is 5.36. The van der Waals surface area contributed by atoms with Crippen LogP contribution in [0, 0.1) is 0 Å². The molecule has 5 nitrogen and oxygen atoms in total. The van der Waals surface area contributed by atoms with E-state index in [1.807, 2.05) is 24.3 Å². The summed E-state index contributed by atoms with van der Waals surface area (Å²) in [6.45, 7) is 6.73. The SMILES string of the molecule is CCN(CC)[C@@H](CNC(=O)Nc1ccc(OC)cc1)c1ccsc1. The van der Waals surface area contributed by atoms with Gasteiger partial charge in [-0.05, 0) is 59.7 Å². The Morgan fingerprint density at radius 1 is 1.21 bits per heavy atom. The Hall–Kier alpha value is -2.05. The van der Waals surface area contributed by atoms with Crippen LogP contribution in [0.25, 0.3) is 0 Å². The quantitative estimate of drug-likeness (QED) is 0.760. The van der Waals surface area contributed by atoms with Gasteiger partial charge in [0.05, 0.1) is 13.2 Å². The molecule has 1 aromatic carbocycles. The minimum atomic E-state index is -0.201. The number of urea groups is 1. The Kier molecular flexibility index (Phi) is 7.08. The van der Waals surface area contributed by atoms with Gasteiger partial charge in [-0.3, -0.25) is 4.90 Å². The highest BCUT2D eigenvalue weighted by molar-refractivity contribution is 7.07. The summed E-state index contributed by atoms with van der Waals surface area (Å²) in [5, 5.41) is 10.0. The van der Waals surface area contributed by atoms with Crippen LogP contribution in [0.5, 0.6) is 5.75 Å². The van der Waals surface area contributed by atoms with E-state index < -0.39 is 0 Å². The van der Waals surface area contributed by atoms with Gasteiger partial charge in [-0.1, -0.05) is 13.8 Å². The Bertz CT molecular complexity index is 610. The minimum Gasteiger partial charge on any atom is -0.497 e. The van der Waals surface area contributed by atoms with Gasteiger partial charge in [0.15, 0.2) is 0 Å². The van der Waals surface area contributed by atoms with Gasteiger partial charge in [0.2, 0.25) is 0 Å². The Morgan fingerprint density at radius 3 is 2.46 bits per heavy atom.